The van der Waals surface area contributed by atoms with E-state index in [-0.39, 0.29) is 19.8 Å². The number of rotatable bonds is 4. The van der Waals surface area contributed by atoms with E-state index in [0.717, 1.165) is 49.0 Å². The van der Waals surface area contributed by atoms with Gasteiger partial charge in [-0.25, -0.2) is 0 Å². The van der Waals surface area contributed by atoms with Crippen LogP contribution in [0.2, 0.25) is 0 Å². The van der Waals surface area contributed by atoms with Crippen molar-refractivity contribution >= 4 is 74.6 Å². The fourth-order valence-electron chi connectivity index (χ4n) is 3.43. The van der Waals surface area contributed by atoms with E-state index in [0.29, 0.717) is 10.3 Å². The van der Waals surface area contributed by atoms with Gasteiger partial charge < -0.3 is 35.1 Å². The minimum atomic E-state index is -10.7. The third-order valence-electron chi connectivity index (χ3n) is 5.40. The van der Waals surface area contributed by atoms with Gasteiger partial charge in [0.1, 0.15) is 0 Å². The maximum atomic E-state index is 9.87. The van der Waals surface area contributed by atoms with Crippen LogP contribution in [0.25, 0.3) is 0 Å². The standard InChI is InChI=1S/2C12H16N4S.F6P.Ga/c2*1-10(11-6-2-3-7-13-11)14-15-12(17)16-8-4-5-9-16;1-7(2,3,4,5)6;/h2*2-3,6-7H,4-5,8-9H2,1H3,(H,15,17);;/q;;-1;+3/p-2/b2*14-10+;;. The zero-order valence-corrected chi connectivity index (χ0v) is 27.9. The summed E-state index contributed by atoms with van der Waals surface area (Å²) in [7, 11) is -10.7. The molecule has 0 N–H and O–H groups in total. The summed E-state index contributed by atoms with van der Waals surface area (Å²) in [6.07, 6.45) is 8.26. The van der Waals surface area contributed by atoms with Crippen LogP contribution in [-0.4, -0.2) is 87.5 Å². The molecule has 228 valence electrons. The smallest absolute Gasteiger partial charge is 3.00 e. The summed E-state index contributed by atoms with van der Waals surface area (Å²) in [4.78, 5) is 12.6. The van der Waals surface area contributed by atoms with Gasteiger partial charge in [0.15, 0.2) is 0 Å². The zero-order valence-electron chi connectivity index (χ0n) is 23.0. The Labute approximate surface area is 265 Å². The number of halogens is 6. The Bertz CT molecular complexity index is 1140. The summed E-state index contributed by atoms with van der Waals surface area (Å²) in [6.45, 7) is 7.78. The minimum Gasteiger partial charge on any atom is 3.00 e. The molecule has 2 aromatic rings. The van der Waals surface area contributed by atoms with Crippen molar-refractivity contribution in [1.29, 1.82) is 0 Å². The van der Waals surface area contributed by atoms with Crippen molar-refractivity contribution < 1.29 is 25.2 Å². The van der Waals surface area contributed by atoms with Gasteiger partial charge in [-0.3, -0.25) is 9.97 Å². The van der Waals surface area contributed by atoms with Crippen LogP contribution in [-0.2, 0) is 25.3 Å². The van der Waals surface area contributed by atoms with Crippen molar-refractivity contribution in [3.63, 3.8) is 0 Å². The Morgan fingerprint density at radius 1 is 0.643 bits per heavy atom. The molecule has 0 atom stereocenters. The van der Waals surface area contributed by atoms with E-state index in [4.69, 9.17) is 25.3 Å². The molecule has 4 rings (SSSR count). The van der Waals surface area contributed by atoms with Crippen LogP contribution in [0.3, 0.4) is 0 Å². The molecule has 8 nitrogen and oxygen atoms in total. The molecule has 2 aromatic heterocycles. The van der Waals surface area contributed by atoms with Gasteiger partial charge in [0, 0.05) is 48.9 Å². The van der Waals surface area contributed by atoms with E-state index in [1.165, 1.54) is 25.7 Å². The number of hydrogen-bond acceptors (Lipinski definition) is 8. The van der Waals surface area contributed by atoms with Gasteiger partial charge in [-0.15, -0.1) is 0 Å². The summed E-state index contributed by atoms with van der Waals surface area (Å²) >= 11 is 10.4. The molecule has 2 aliphatic rings. The molecule has 42 heavy (non-hydrogen) atoms. The van der Waals surface area contributed by atoms with Crippen LogP contribution in [0.15, 0.2) is 69.2 Å². The molecule has 0 spiro atoms. The van der Waals surface area contributed by atoms with Gasteiger partial charge in [-0.1, -0.05) is 12.1 Å². The van der Waals surface area contributed by atoms with Crippen molar-refractivity contribution in [3.05, 3.63) is 60.2 Å². The van der Waals surface area contributed by atoms with E-state index < -0.39 is 7.81 Å². The Balaban J connectivity index is 0.000000338. The van der Waals surface area contributed by atoms with Crippen LogP contribution in [0.4, 0.5) is 25.2 Å². The SMILES string of the molecule is C/C(=N\N=C(/[S-])N1CCCC1)c1ccccn1.C/C(=N\N=C(/[S-])N1CCCC1)c1ccccn1.F[P-](F)(F)(F)(F)F.[Ga+3]. The normalized spacial score (nSPS) is 18.1. The maximum absolute atomic E-state index is 10.7. The van der Waals surface area contributed by atoms with Crippen LogP contribution in [0.5, 0.6) is 0 Å². The van der Waals surface area contributed by atoms with Crippen molar-refractivity contribution in [1.82, 2.24) is 19.8 Å². The predicted octanol–water partition coefficient (Wildman–Crippen LogP) is 6.61. The summed E-state index contributed by atoms with van der Waals surface area (Å²) in [5.41, 5.74) is 3.24. The Hall–Kier alpha value is -2.33. The fraction of sp³-hybridized carbons (Fsp3) is 0.417. The summed E-state index contributed by atoms with van der Waals surface area (Å²) < 4.78 is 59.2. The van der Waals surface area contributed by atoms with E-state index in [1.54, 1.807) is 12.4 Å². The van der Waals surface area contributed by atoms with Gasteiger partial charge in [0.25, 0.3) is 0 Å². The molecule has 0 saturated carbocycles. The Morgan fingerprint density at radius 3 is 1.21 bits per heavy atom. The quantitative estimate of drug-likeness (QED) is 0.0677. The molecule has 2 saturated heterocycles. The first kappa shape index (κ1) is 37.7. The number of amidine groups is 2. The fourth-order valence-corrected chi connectivity index (χ4v) is 3.88. The van der Waals surface area contributed by atoms with Gasteiger partial charge in [0.2, 0.25) is 0 Å². The van der Waals surface area contributed by atoms with Gasteiger partial charge in [-0.2, -0.15) is 20.4 Å². The molecule has 2 fully saturated rings. The average molecular weight is 709 g/mol. The van der Waals surface area contributed by atoms with E-state index in [2.05, 4.69) is 40.2 Å². The van der Waals surface area contributed by atoms with Crippen LogP contribution in [0.1, 0.15) is 50.9 Å². The molecule has 0 radical (unpaired) electrons. The van der Waals surface area contributed by atoms with Gasteiger partial charge >= 0.3 is 52.8 Å². The summed E-state index contributed by atoms with van der Waals surface area (Å²) in [6, 6.07) is 11.4. The molecule has 0 bridgehead atoms. The third kappa shape index (κ3) is 17.6. The van der Waals surface area contributed by atoms with Crippen molar-refractivity contribution in [2.75, 3.05) is 26.2 Å². The first-order valence-electron chi connectivity index (χ1n) is 12.5. The Morgan fingerprint density at radius 2 is 0.952 bits per heavy atom. The van der Waals surface area contributed by atoms with Crippen LogP contribution in [0, 0.1) is 0 Å². The van der Waals surface area contributed by atoms with Crippen molar-refractivity contribution in [3.8, 4) is 0 Å². The van der Waals surface area contributed by atoms with E-state index >= 15 is 0 Å². The molecular weight excluding hydrogens is 679 g/mol. The monoisotopic (exact) mass is 708 g/mol. The number of aromatic nitrogens is 2. The van der Waals surface area contributed by atoms with E-state index in [1.807, 2.05) is 50.2 Å². The molecule has 0 aliphatic carbocycles. The predicted molar refractivity (Wildman–Crippen MR) is 163 cm³/mol. The molecule has 2 aliphatic heterocycles. The topological polar surface area (TPSA) is 81.7 Å². The van der Waals surface area contributed by atoms with Gasteiger partial charge in [0.05, 0.1) is 22.8 Å². The van der Waals surface area contributed by atoms with Gasteiger partial charge in [-0.05, 0) is 63.8 Å². The number of nitrogens with zero attached hydrogens (tertiary/aromatic N) is 8. The van der Waals surface area contributed by atoms with Crippen molar-refractivity contribution in [2.45, 2.75) is 39.5 Å². The first-order chi connectivity index (χ1) is 19.0. The number of likely N-dealkylation sites (tertiary alicyclic amines) is 2. The second-order valence-electron chi connectivity index (χ2n) is 8.91. The largest absolute Gasteiger partial charge is 3.00 e. The maximum Gasteiger partial charge on any atom is 3.00 e. The second kappa shape index (κ2) is 15.9. The van der Waals surface area contributed by atoms with Crippen LogP contribution >= 0.6 is 7.81 Å². The molecular formula is C24H30F6GaN8PS2. The summed E-state index contributed by atoms with van der Waals surface area (Å²) in [5, 5.41) is 17.6. The number of pyridine rings is 2. The molecule has 18 heteroatoms. The first-order valence-corrected chi connectivity index (χ1v) is 15.3. The Kier molecular flexibility index (Phi) is 14.3. The third-order valence-corrected chi connectivity index (χ3v) is 6.08. The minimum absolute atomic E-state index is 0. The number of hydrogen-bond donors (Lipinski definition) is 0. The summed E-state index contributed by atoms with van der Waals surface area (Å²) in [5.74, 6) is 0. The second-order valence-corrected chi connectivity index (χ2v) is 11.6. The average Bonchev–Trinajstić information content (AvgIpc) is 3.65. The molecule has 0 unspecified atom stereocenters. The zero-order chi connectivity index (χ0) is 30.6. The van der Waals surface area contributed by atoms with Crippen LogP contribution < -0.4 is 0 Å². The molecule has 0 amide bonds. The molecule has 4 heterocycles. The molecule has 0 aromatic carbocycles. The van der Waals surface area contributed by atoms with E-state index in [9.17, 15) is 25.2 Å². The van der Waals surface area contributed by atoms with Crippen molar-refractivity contribution in [2.24, 2.45) is 20.4 Å².